The zero-order valence-corrected chi connectivity index (χ0v) is 12.3. The van der Waals surface area contributed by atoms with Crippen molar-refractivity contribution in [2.45, 2.75) is 6.54 Å². The van der Waals surface area contributed by atoms with E-state index in [0.29, 0.717) is 22.7 Å². The van der Waals surface area contributed by atoms with E-state index in [4.69, 9.17) is 11.6 Å². The Kier molecular flexibility index (Phi) is 4.95. The molecule has 108 valence electrons. The number of amides is 2. The number of benzene rings is 2. The van der Waals surface area contributed by atoms with Crippen molar-refractivity contribution in [3.63, 3.8) is 0 Å². The molecule has 0 unspecified atom stereocenters. The second kappa shape index (κ2) is 6.90. The van der Waals surface area contributed by atoms with Crippen LogP contribution in [0.15, 0.2) is 48.5 Å². The van der Waals surface area contributed by atoms with Gasteiger partial charge in [-0.15, -0.1) is 0 Å². The van der Waals surface area contributed by atoms with Gasteiger partial charge in [-0.05, 0) is 29.8 Å². The lowest BCUT2D eigenvalue weighted by Crippen LogP contribution is -2.23. The monoisotopic (exact) mass is 302 g/mol. The van der Waals surface area contributed by atoms with Gasteiger partial charge in [-0.25, -0.2) is 0 Å². The number of rotatable bonds is 4. The van der Waals surface area contributed by atoms with E-state index < -0.39 is 0 Å². The predicted octanol–water partition coefficient (Wildman–Crippen LogP) is 2.63. The zero-order valence-electron chi connectivity index (χ0n) is 11.5. The van der Waals surface area contributed by atoms with Crippen LogP contribution in [0.5, 0.6) is 0 Å². The maximum Gasteiger partial charge on any atom is 0.253 e. The smallest absolute Gasteiger partial charge is 0.253 e. The van der Waals surface area contributed by atoms with Crippen molar-refractivity contribution in [2.75, 3.05) is 7.05 Å². The Morgan fingerprint density at radius 3 is 2.29 bits per heavy atom. The molecule has 0 aromatic heterocycles. The summed E-state index contributed by atoms with van der Waals surface area (Å²) in [5.74, 6) is -0.363. The summed E-state index contributed by atoms with van der Waals surface area (Å²) in [5, 5.41) is 5.77. The average Bonchev–Trinajstić information content (AvgIpc) is 2.52. The number of hydrogen-bond acceptors (Lipinski definition) is 2. The van der Waals surface area contributed by atoms with Gasteiger partial charge in [0, 0.05) is 19.2 Å². The molecule has 2 aromatic carbocycles. The minimum atomic E-state index is -0.226. The largest absolute Gasteiger partial charge is 0.355 e. The van der Waals surface area contributed by atoms with E-state index in [1.165, 1.54) is 0 Å². The molecule has 0 spiro atoms. The molecule has 0 aliphatic rings. The Morgan fingerprint density at radius 1 is 1.00 bits per heavy atom. The molecule has 0 saturated heterocycles. The molecule has 0 aliphatic carbocycles. The topological polar surface area (TPSA) is 58.2 Å². The van der Waals surface area contributed by atoms with Crippen LogP contribution < -0.4 is 10.6 Å². The van der Waals surface area contributed by atoms with Crippen LogP contribution in [0.4, 0.5) is 0 Å². The molecule has 2 rings (SSSR count). The van der Waals surface area contributed by atoms with Gasteiger partial charge in [0.1, 0.15) is 0 Å². The lowest BCUT2D eigenvalue weighted by molar-refractivity contribution is 0.0946. The minimum Gasteiger partial charge on any atom is -0.355 e. The fourth-order valence-electron chi connectivity index (χ4n) is 1.84. The molecule has 2 amide bonds. The Morgan fingerprint density at radius 2 is 1.67 bits per heavy atom. The van der Waals surface area contributed by atoms with Crippen molar-refractivity contribution in [1.82, 2.24) is 10.6 Å². The summed E-state index contributed by atoms with van der Waals surface area (Å²) in [6.07, 6.45) is 0. The molecule has 0 radical (unpaired) electrons. The predicted molar refractivity (Wildman–Crippen MR) is 82.5 cm³/mol. The molecule has 0 atom stereocenters. The number of carbonyl (C=O) groups excluding carboxylic acids is 2. The molecule has 0 heterocycles. The zero-order chi connectivity index (χ0) is 15.2. The molecule has 5 heteroatoms. The maximum atomic E-state index is 12.0. The van der Waals surface area contributed by atoms with Gasteiger partial charge in [0.25, 0.3) is 11.8 Å². The van der Waals surface area contributed by atoms with Gasteiger partial charge in [0.15, 0.2) is 0 Å². The Bertz CT molecular complexity index is 654. The van der Waals surface area contributed by atoms with Crippen molar-refractivity contribution >= 4 is 23.4 Å². The first-order valence-corrected chi connectivity index (χ1v) is 6.83. The molecule has 0 aliphatic heterocycles. The van der Waals surface area contributed by atoms with Crippen LogP contribution in [0.25, 0.3) is 0 Å². The fraction of sp³-hybridized carbons (Fsp3) is 0.125. The van der Waals surface area contributed by atoms with E-state index in [1.54, 1.807) is 55.6 Å². The van der Waals surface area contributed by atoms with Gasteiger partial charge in [-0.2, -0.15) is 0 Å². The second-order valence-electron chi connectivity index (χ2n) is 4.44. The number of hydrogen-bond donors (Lipinski definition) is 2. The van der Waals surface area contributed by atoms with Crippen LogP contribution >= 0.6 is 11.6 Å². The van der Waals surface area contributed by atoms with E-state index in [9.17, 15) is 9.59 Å². The summed E-state index contributed by atoms with van der Waals surface area (Å²) in [7, 11) is 1.58. The van der Waals surface area contributed by atoms with Crippen molar-refractivity contribution in [3.05, 3.63) is 70.2 Å². The Hall–Kier alpha value is -2.33. The van der Waals surface area contributed by atoms with Gasteiger partial charge in [-0.1, -0.05) is 35.9 Å². The molecule has 2 N–H and O–H groups in total. The molecule has 21 heavy (non-hydrogen) atoms. The summed E-state index contributed by atoms with van der Waals surface area (Å²) in [4.78, 5) is 23.4. The van der Waals surface area contributed by atoms with Gasteiger partial charge >= 0.3 is 0 Å². The highest BCUT2D eigenvalue weighted by Gasteiger charge is 2.09. The molecule has 2 aromatic rings. The molecular weight excluding hydrogens is 288 g/mol. The molecule has 4 nitrogen and oxygen atoms in total. The first kappa shape index (κ1) is 15.1. The lowest BCUT2D eigenvalue weighted by Gasteiger charge is -2.07. The first-order chi connectivity index (χ1) is 10.1. The number of nitrogens with one attached hydrogen (secondary N) is 2. The molecule has 0 fully saturated rings. The van der Waals surface area contributed by atoms with Crippen LogP contribution in [0.3, 0.4) is 0 Å². The standard InChI is InChI=1S/C16H15ClN2O2/c1-18-15(20)12-8-6-11(7-9-12)10-19-16(21)13-4-2-3-5-14(13)17/h2-9H,10H2,1H3,(H,18,20)(H,19,21). The quantitative estimate of drug-likeness (QED) is 0.912. The highest BCUT2D eigenvalue weighted by molar-refractivity contribution is 6.33. The van der Waals surface area contributed by atoms with Crippen molar-refractivity contribution in [2.24, 2.45) is 0 Å². The van der Waals surface area contributed by atoms with E-state index >= 15 is 0 Å². The molecule has 0 saturated carbocycles. The lowest BCUT2D eigenvalue weighted by atomic mass is 10.1. The van der Waals surface area contributed by atoms with E-state index in [0.717, 1.165) is 5.56 Å². The SMILES string of the molecule is CNC(=O)c1ccc(CNC(=O)c2ccccc2Cl)cc1. The summed E-state index contributed by atoms with van der Waals surface area (Å²) in [5.41, 5.74) is 1.93. The normalized spacial score (nSPS) is 10.0. The Balaban J connectivity index is 1.99. The number of carbonyl (C=O) groups is 2. The third kappa shape index (κ3) is 3.83. The van der Waals surface area contributed by atoms with Crippen molar-refractivity contribution in [1.29, 1.82) is 0 Å². The highest BCUT2D eigenvalue weighted by Crippen LogP contribution is 2.14. The van der Waals surface area contributed by atoms with E-state index in [2.05, 4.69) is 10.6 Å². The van der Waals surface area contributed by atoms with Gasteiger partial charge in [-0.3, -0.25) is 9.59 Å². The fourth-order valence-corrected chi connectivity index (χ4v) is 2.06. The minimum absolute atomic E-state index is 0.137. The highest BCUT2D eigenvalue weighted by atomic mass is 35.5. The summed E-state index contributed by atoms with van der Waals surface area (Å²) in [6.45, 7) is 0.373. The Labute approximate surface area is 128 Å². The third-order valence-corrected chi connectivity index (χ3v) is 3.34. The van der Waals surface area contributed by atoms with Crippen molar-refractivity contribution in [3.8, 4) is 0 Å². The maximum absolute atomic E-state index is 12.0. The third-order valence-electron chi connectivity index (χ3n) is 3.01. The van der Waals surface area contributed by atoms with Crippen LogP contribution in [0.1, 0.15) is 26.3 Å². The van der Waals surface area contributed by atoms with E-state index in [-0.39, 0.29) is 11.8 Å². The average molecular weight is 303 g/mol. The molecule has 0 bridgehead atoms. The first-order valence-electron chi connectivity index (χ1n) is 6.45. The van der Waals surface area contributed by atoms with Crippen LogP contribution in [-0.2, 0) is 6.54 Å². The van der Waals surface area contributed by atoms with Gasteiger partial charge < -0.3 is 10.6 Å². The van der Waals surface area contributed by atoms with E-state index in [1.807, 2.05) is 0 Å². The summed E-state index contributed by atoms with van der Waals surface area (Å²) >= 11 is 5.97. The summed E-state index contributed by atoms with van der Waals surface area (Å²) < 4.78 is 0. The number of halogens is 1. The second-order valence-corrected chi connectivity index (χ2v) is 4.85. The van der Waals surface area contributed by atoms with Crippen LogP contribution in [0.2, 0.25) is 5.02 Å². The summed E-state index contributed by atoms with van der Waals surface area (Å²) in [6, 6.07) is 13.9. The van der Waals surface area contributed by atoms with Crippen LogP contribution in [0, 0.1) is 0 Å². The van der Waals surface area contributed by atoms with Crippen molar-refractivity contribution < 1.29 is 9.59 Å². The van der Waals surface area contributed by atoms with Gasteiger partial charge in [0.2, 0.25) is 0 Å². The van der Waals surface area contributed by atoms with Gasteiger partial charge in [0.05, 0.1) is 10.6 Å². The molecular formula is C16H15ClN2O2. The van der Waals surface area contributed by atoms with Crippen LogP contribution in [-0.4, -0.2) is 18.9 Å².